The molecule has 0 amide bonds. The lowest BCUT2D eigenvalue weighted by atomic mass is 10.3. The number of hydrogen-bond acceptors (Lipinski definition) is 4. The Labute approximate surface area is 126 Å². The van der Waals surface area contributed by atoms with E-state index in [-0.39, 0.29) is 21.9 Å². The Bertz CT molecular complexity index is 769. The van der Waals surface area contributed by atoms with Gasteiger partial charge in [-0.25, -0.2) is 21.6 Å². The summed E-state index contributed by atoms with van der Waals surface area (Å²) in [6.45, 7) is -0.0621. The molecule has 10 heteroatoms. The minimum absolute atomic E-state index is 0.0621. The number of nitrogens with two attached hydrogens (primary N) is 1. The highest BCUT2D eigenvalue weighted by atomic mass is 79.9. The van der Waals surface area contributed by atoms with E-state index < -0.39 is 33.2 Å². The predicted octanol–water partition coefficient (Wildman–Crippen LogP) is 2.72. The fourth-order valence-corrected chi connectivity index (χ4v) is 3.59. The molecule has 3 N–H and O–H groups in total. The van der Waals surface area contributed by atoms with Gasteiger partial charge in [0.05, 0.1) is 6.54 Å². The molecule has 0 radical (unpaired) electrons. The van der Waals surface area contributed by atoms with Gasteiger partial charge in [0, 0.05) is 18.2 Å². The van der Waals surface area contributed by atoms with Crippen molar-refractivity contribution < 1.29 is 26.0 Å². The van der Waals surface area contributed by atoms with E-state index in [0.717, 1.165) is 6.07 Å². The van der Waals surface area contributed by atoms with E-state index in [0.29, 0.717) is 12.1 Å². The monoisotopic (exact) mass is 384 g/mol. The van der Waals surface area contributed by atoms with Crippen molar-refractivity contribution in [3.8, 4) is 0 Å². The Morgan fingerprint density at radius 2 is 1.76 bits per heavy atom. The van der Waals surface area contributed by atoms with Crippen LogP contribution in [0.25, 0.3) is 0 Å². The summed E-state index contributed by atoms with van der Waals surface area (Å²) in [6, 6.07) is 1.82. The summed E-state index contributed by atoms with van der Waals surface area (Å²) in [4.78, 5) is -0.383. The SMILES string of the molecule is NCc1cc(S(=O)(=O)Nc2c(F)cc(F)cc2F)c(Br)o1. The Morgan fingerprint density at radius 1 is 1.19 bits per heavy atom. The molecule has 0 fully saturated rings. The van der Waals surface area contributed by atoms with Crippen LogP contribution in [0.1, 0.15) is 5.76 Å². The smallest absolute Gasteiger partial charge is 0.266 e. The average molecular weight is 385 g/mol. The molecular formula is C11H8BrF3N2O3S. The fraction of sp³-hybridized carbons (Fsp3) is 0.0909. The second-order valence-corrected chi connectivity index (χ2v) is 6.28. The number of halogens is 4. The number of furan rings is 1. The van der Waals surface area contributed by atoms with Gasteiger partial charge in [-0.1, -0.05) is 0 Å². The molecular weight excluding hydrogens is 377 g/mol. The summed E-state index contributed by atoms with van der Waals surface area (Å²) >= 11 is 2.87. The van der Waals surface area contributed by atoms with Crippen molar-refractivity contribution in [1.82, 2.24) is 0 Å². The fourth-order valence-electron chi connectivity index (χ4n) is 1.51. The molecule has 1 aromatic carbocycles. The van der Waals surface area contributed by atoms with Crippen LogP contribution in [-0.4, -0.2) is 8.42 Å². The summed E-state index contributed by atoms with van der Waals surface area (Å²) in [7, 11) is -4.34. The van der Waals surface area contributed by atoms with Crippen LogP contribution in [0.5, 0.6) is 0 Å². The third-order valence-electron chi connectivity index (χ3n) is 2.44. The Balaban J connectivity index is 2.44. The second-order valence-electron chi connectivity index (χ2n) is 3.90. The van der Waals surface area contributed by atoms with Gasteiger partial charge < -0.3 is 10.2 Å². The summed E-state index contributed by atoms with van der Waals surface area (Å²) in [5.41, 5.74) is 4.31. The van der Waals surface area contributed by atoms with Crippen LogP contribution in [0.3, 0.4) is 0 Å². The van der Waals surface area contributed by atoms with Crippen molar-refractivity contribution in [2.24, 2.45) is 5.73 Å². The molecule has 114 valence electrons. The summed E-state index contributed by atoms with van der Waals surface area (Å²) in [5.74, 6) is -3.77. The minimum Gasteiger partial charge on any atom is -0.452 e. The zero-order valence-corrected chi connectivity index (χ0v) is 12.6. The molecule has 0 bridgehead atoms. The molecule has 0 aliphatic carbocycles. The molecule has 0 saturated heterocycles. The van der Waals surface area contributed by atoms with Gasteiger partial charge in [-0.2, -0.15) is 0 Å². The Morgan fingerprint density at radius 3 is 2.24 bits per heavy atom. The third-order valence-corrected chi connectivity index (χ3v) is 4.65. The Hall–Kier alpha value is -1.52. The van der Waals surface area contributed by atoms with Gasteiger partial charge in [0.2, 0.25) is 0 Å². The molecule has 2 aromatic rings. The highest BCUT2D eigenvalue weighted by Gasteiger charge is 2.25. The molecule has 5 nitrogen and oxygen atoms in total. The van der Waals surface area contributed by atoms with E-state index in [1.165, 1.54) is 0 Å². The van der Waals surface area contributed by atoms with Crippen molar-refractivity contribution in [2.75, 3.05) is 4.72 Å². The van der Waals surface area contributed by atoms with Crippen LogP contribution < -0.4 is 10.5 Å². The van der Waals surface area contributed by atoms with Crippen LogP contribution >= 0.6 is 15.9 Å². The van der Waals surface area contributed by atoms with Gasteiger partial charge in [0.1, 0.15) is 22.2 Å². The maximum Gasteiger partial charge on any atom is 0.266 e. The summed E-state index contributed by atoms with van der Waals surface area (Å²) < 4.78 is 70.4. The quantitative estimate of drug-likeness (QED) is 0.848. The highest BCUT2D eigenvalue weighted by molar-refractivity contribution is 9.10. The molecule has 1 heterocycles. The van der Waals surface area contributed by atoms with Gasteiger partial charge in [0.25, 0.3) is 10.0 Å². The first-order valence-corrected chi connectivity index (χ1v) is 7.68. The lowest BCUT2D eigenvalue weighted by Crippen LogP contribution is -2.15. The normalized spacial score (nSPS) is 11.7. The van der Waals surface area contributed by atoms with Gasteiger partial charge in [-0.05, 0) is 15.9 Å². The van der Waals surface area contributed by atoms with Crippen molar-refractivity contribution in [2.45, 2.75) is 11.4 Å². The Kier molecular flexibility index (Phi) is 4.30. The van der Waals surface area contributed by atoms with E-state index in [9.17, 15) is 21.6 Å². The summed E-state index contributed by atoms with van der Waals surface area (Å²) in [5, 5.41) is 0. The zero-order chi connectivity index (χ0) is 15.8. The van der Waals surface area contributed by atoms with Crippen LogP contribution in [0.15, 0.2) is 32.2 Å². The second kappa shape index (κ2) is 5.70. The van der Waals surface area contributed by atoms with Crippen LogP contribution in [0.2, 0.25) is 0 Å². The molecule has 1 aromatic heterocycles. The molecule has 0 saturated carbocycles. The van der Waals surface area contributed by atoms with Gasteiger partial charge in [-0.3, -0.25) is 4.72 Å². The summed E-state index contributed by atoms with van der Waals surface area (Å²) in [6.07, 6.45) is 0. The molecule has 0 spiro atoms. The third kappa shape index (κ3) is 3.22. The topological polar surface area (TPSA) is 85.3 Å². The van der Waals surface area contributed by atoms with Crippen molar-refractivity contribution >= 4 is 31.6 Å². The predicted molar refractivity (Wildman–Crippen MR) is 71.4 cm³/mol. The number of rotatable bonds is 4. The van der Waals surface area contributed by atoms with E-state index >= 15 is 0 Å². The molecule has 0 aliphatic heterocycles. The largest absolute Gasteiger partial charge is 0.452 e. The first-order chi connectivity index (χ1) is 9.74. The highest BCUT2D eigenvalue weighted by Crippen LogP contribution is 2.29. The molecule has 0 unspecified atom stereocenters. The zero-order valence-electron chi connectivity index (χ0n) is 10.2. The van der Waals surface area contributed by atoms with Crippen LogP contribution in [-0.2, 0) is 16.6 Å². The van der Waals surface area contributed by atoms with Gasteiger partial charge >= 0.3 is 0 Å². The number of nitrogens with one attached hydrogen (secondary N) is 1. The van der Waals surface area contributed by atoms with E-state index in [1.54, 1.807) is 4.72 Å². The first kappa shape index (κ1) is 15.9. The molecule has 0 atom stereocenters. The van der Waals surface area contributed by atoms with Crippen LogP contribution in [0.4, 0.5) is 18.9 Å². The lowest BCUT2D eigenvalue weighted by molar-refractivity contribution is 0.484. The lowest BCUT2D eigenvalue weighted by Gasteiger charge is -2.08. The van der Waals surface area contributed by atoms with Crippen molar-refractivity contribution in [1.29, 1.82) is 0 Å². The van der Waals surface area contributed by atoms with Gasteiger partial charge in [0.15, 0.2) is 16.3 Å². The van der Waals surface area contributed by atoms with Crippen molar-refractivity contribution in [3.63, 3.8) is 0 Å². The maximum absolute atomic E-state index is 13.5. The minimum atomic E-state index is -4.34. The maximum atomic E-state index is 13.5. The van der Waals surface area contributed by atoms with E-state index in [4.69, 9.17) is 10.2 Å². The molecule has 2 rings (SSSR count). The average Bonchev–Trinajstić information content (AvgIpc) is 2.76. The number of hydrogen-bond donors (Lipinski definition) is 2. The standard InChI is InChI=1S/C11H8BrF3N2O3S/c12-11-9(3-6(4-16)20-11)21(18,19)17-10-7(14)1-5(13)2-8(10)15/h1-3,17H,4,16H2. The number of sulfonamides is 1. The number of benzene rings is 1. The molecule has 0 aliphatic rings. The van der Waals surface area contributed by atoms with E-state index in [1.807, 2.05) is 0 Å². The van der Waals surface area contributed by atoms with Crippen LogP contribution in [0, 0.1) is 17.5 Å². The first-order valence-electron chi connectivity index (χ1n) is 5.40. The van der Waals surface area contributed by atoms with E-state index in [2.05, 4.69) is 15.9 Å². The number of anilines is 1. The van der Waals surface area contributed by atoms with Gasteiger partial charge in [-0.15, -0.1) is 0 Å². The van der Waals surface area contributed by atoms with Crippen molar-refractivity contribution in [3.05, 3.63) is 46.1 Å². The molecule has 21 heavy (non-hydrogen) atoms.